The van der Waals surface area contributed by atoms with E-state index in [1.165, 1.54) is 18.9 Å². The highest BCUT2D eigenvalue weighted by Crippen LogP contribution is 2.36. The summed E-state index contributed by atoms with van der Waals surface area (Å²) in [6.07, 6.45) is 7.90. The summed E-state index contributed by atoms with van der Waals surface area (Å²) in [7, 11) is -4.07. The number of primary sulfonamides is 1. The number of sulfonamides is 1. The van der Waals surface area contributed by atoms with Crippen molar-refractivity contribution in [2.75, 3.05) is 31.1 Å². The van der Waals surface area contributed by atoms with Gasteiger partial charge in [0.15, 0.2) is 5.03 Å². The maximum Gasteiger partial charge on any atom is 0.256 e. The van der Waals surface area contributed by atoms with Gasteiger partial charge in [0.05, 0.1) is 23.2 Å². The lowest BCUT2D eigenvalue weighted by Crippen LogP contribution is -2.39. The fraction of sp³-hybridized carbons (Fsp3) is 0.556. The number of hydrogen-bond acceptors (Lipinski definition) is 9. The van der Waals surface area contributed by atoms with Crippen LogP contribution >= 0.6 is 0 Å². The number of aromatic amines is 1. The molecule has 2 aromatic rings. The molecular formula is C18H26N8O3S. The third-order valence-corrected chi connectivity index (χ3v) is 6.69. The minimum atomic E-state index is -4.07. The van der Waals surface area contributed by atoms with Gasteiger partial charge in [0.1, 0.15) is 0 Å². The predicted molar refractivity (Wildman–Crippen MR) is 110 cm³/mol. The topological polar surface area (TPSA) is 154 Å². The Kier molecular flexibility index (Phi) is 5.86. The third-order valence-electron chi connectivity index (χ3n) is 5.84. The number of hydrogen-bond donors (Lipinski definition) is 3. The number of nitrogens with two attached hydrogens (primary N) is 1. The summed E-state index contributed by atoms with van der Waals surface area (Å²) < 4.78 is 24.2. The molecule has 2 aromatic heterocycles. The highest BCUT2D eigenvalue weighted by atomic mass is 32.2. The van der Waals surface area contributed by atoms with Crippen molar-refractivity contribution in [2.45, 2.75) is 37.1 Å². The summed E-state index contributed by atoms with van der Waals surface area (Å²) >= 11 is 0. The van der Waals surface area contributed by atoms with E-state index in [0.717, 1.165) is 44.5 Å². The zero-order chi connectivity index (χ0) is 21.1. The summed E-state index contributed by atoms with van der Waals surface area (Å²) in [5, 5.41) is 28.8. The number of likely N-dealkylation sites (tertiary alicyclic amines) is 1. The van der Waals surface area contributed by atoms with Crippen molar-refractivity contribution in [1.29, 1.82) is 0 Å². The lowest BCUT2D eigenvalue weighted by Gasteiger charge is -2.39. The average Bonchev–Trinajstić information content (AvgIpc) is 3.29. The molecule has 0 atom stereocenters. The molecule has 0 bridgehead atoms. The Morgan fingerprint density at radius 2 is 1.93 bits per heavy atom. The molecule has 0 amide bonds. The summed E-state index contributed by atoms with van der Waals surface area (Å²) in [4.78, 5) is 8.35. The van der Waals surface area contributed by atoms with E-state index in [0.29, 0.717) is 18.8 Å². The highest BCUT2D eigenvalue weighted by Gasteiger charge is 2.30. The van der Waals surface area contributed by atoms with Crippen LogP contribution in [0.1, 0.15) is 32.1 Å². The Labute approximate surface area is 175 Å². The zero-order valence-electron chi connectivity index (χ0n) is 16.6. The maximum atomic E-state index is 12.1. The van der Waals surface area contributed by atoms with E-state index in [9.17, 15) is 13.5 Å². The molecule has 2 aliphatic heterocycles. The van der Waals surface area contributed by atoms with Crippen molar-refractivity contribution in [2.24, 2.45) is 11.1 Å². The van der Waals surface area contributed by atoms with Gasteiger partial charge < -0.3 is 14.9 Å². The number of H-pyrrole nitrogens is 1. The van der Waals surface area contributed by atoms with Gasteiger partial charge in [0.2, 0.25) is 5.82 Å². The molecule has 4 heterocycles. The molecule has 4 rings (SSSR count). The third kappa shape index (κ3) is 4.10. The molecule has 0 aliphatic carbocycles. The monoisotopic (exact) mass is 434 g/mol. The highest BCUT2D eigenvalue weighted by molar-refractivity contribution is 7.89. The first-order valence-corrected chi connectivity index (χ1v) is 11.6. The summed E-state index contributed by atoms with van der Waals surface area (Å²) in [6, 6.07) is 1.74. The van der Waals surface area contributed by atoms with Crippen molar-refractivity contribution in [1.82, 2.24) is 30.5 Å². The van der Waals surface area contributed by atoms with Crippen molar-refractivity contribution in [3.63, 3.8) is 0 Å². The first-order chi connectivity index (χ1) is 14.5. The average molecular weight is 435 g/mol. The van der Waals surface area contributed by atoms with E-state index >= 15 is 0 Å². The predicted octanol–water partition coefficient (Wildman–Crippen LogP) is 1.01. The normalized spacial score (nSPS) is 19.3. The van der Waals surface area contributed by atoms with Gasteiger partial charge in [0.25, 0.3) is 10.0 Å². The smallest absolute Gasteiger partial charge is 0.256 e. The number of anilines is 1. The van der Waals surface area contributed by atoms with Crippen LogP contribution in [0.2, 0.25) is 0 Å². The minimum Gasteiger partial charge on any atom is -0.514 e. The van der Waals surface area contributed by atoms with Gasteiger partial charge >= 0.3 is 0 Å². The first kappa shape index (κ1) is 20.5. The Hall–Kier alpha value is -2.73. The number of piperidine rings is 2. The lowest BCUT2D eigenvalue weighted by atomic mass is 9.91. The van der Waals surface area contributed by atoms with E-state index in [2.05, 4.69) is 35.4 Å². The van der Waals surface area contributed by atoms with E-state index in [1.807, 2.05) is 0 Å². The summed E-state index contributed by atoms with van der Waals surface area (Å²) in [5.41, 5.74) is 1.91. The quantitative estimate of drug-likeness (QED) is 0.585. The van der Waals surface area contributed by atoms with Crippen LogP contribution in [0.5, 0.6) is 0 Å². The van der Waals surface area contributed by atoms with Gasteiger partial charge in [-0.05, 0) is 43.4 Å². The number of nitrogens with one attached hydrogen (secondary N) is 1. The van der Waals surface area contributed by atoms with Gasteiger partial charge in [-0.2, -0.15) is 5.21 Å². The minimum absolute atomic E-state index is 0.133. The molecule has 162 valence electrons. The molecule has 2 saturated heterocycles. The molecule has 0 aromatic carbocycles. The maximum absolute atomic E-state index is 12.1. The molecule has 0 radical (unpaired) electrons. The molecule has 2 fully saturated rings. The molecule has 0 unspecified atom stereocenters. The fourth-order valence-corrected chi connectivity index (χ4v) is 5.09. The lowest BCUT2D eigenvalue weighted by molar-refractivity contribution is 0.229. The number of aromatic nitrogens is 5. The van der Waals surface area contributed by atoms with Crippen LogP contribution in [0.25, 0.3) is 11.4 Å². The summed E-state index contributed by atoms with van der Waals surface area (Å²) in [6.45, 7) is 3.34. The number of aliphatic hydroxyl groups is 1. The fourth-order valence-electron chi connectivity index (χ4n) is 4.40. The molecule has 12 heteroatoms. The molecular weight excluding hydrogens is 408 g/mol. The van der Waals surface area contributed by atoms with Crippen molar-refractivity contribution >= 4 is 15.7 Å². The van der Waals surface area contributed by atoms with Crippen LogP contribution in [0.15, 0.2) is 29.2 Å². The summed E-state index contributed by atoms with van der Waals surface area (Å²) in [5.74, 6) is 0.394. The SMILES string of the molecule is NS(=O)(=O)c1nccc(N2CCC(/C(=C/O)N3CCCCC3)CC2)c1-c1nn[nH]n1. The molecule has 0 saturated carbocycles. The van der Waals surface area contributed by atoms with Crippen molar-refractivity contribution in [3.05, 3.63) is 24.2 Å². The van der Waals surface area contributed by atoms with Crippen molar-refractivity contribution in [3.8, 4) is 11.4 Å². The molecule has 0 spiro atoms. The Morgan fingerprint density at radius 1 is 1.20 bits per heavy atom. The van der Waals surface area contributed by atoms with Crippen LogP contribution in [0.3, 0.4) is 0 Å². The Morgan fingerprint density at radius 3 is 2.53 bits per heavy atom. The van der Waals surface area contributed by atoms with Gasteiger partial charge in [-0.15, -0.1) is 10.2 Å². The van der Waals surface area contributed by atoms with Crippen LogP contribution < -0.4 is 10.0 Å². The number of aliphatic hydroxyl groups excluding tert-OH is 1. The van der Waals surface area contributed by atoms with Crippen LogP contribution in [0, 0.1) is 5.92 Å². The molecule has 11 nitrogen and oxygen atoms in total. The molecule has 30 heavy (non-hydrogen) atoms. The largest absolute Gasteiger partial charge is 0.514 e. The number of tetrazole rings is 1. The van der Waals surface area contributed by atoms with Crippen molar-refractivity contribution < 1.29 is 13.5 Å². The van der Waals surface area contributed by atoms with Crippen LogP contribution in [-0.2, 0) is 10.0 Å². The van der Waals surface area contributed by atoms with Gasteiger partial charge in [-0.1, -0.05) is 0 Å². The first-order valence-electron chi connectivity index (χ1n) is 10.1. The van der Waals surface area contributed by atoms with Gasteiger partial charge in [-0.25, -0.2) is 18.5 Å². The van der Waals surface area contributed by atoms with E-state index in [4.69, 9.17) is 5.14 Å². The number of allylic oxidation sites excluding steroid dienone is 1. The number of rotatable bonds is 5. The number of pyridine rings is 1. The van der Waals surface area contributed by atoms with E-state index in [1.54, 1.807) is 6.07 Å². The standard InChI is InChI=1S/C18H26N8O3S/c19-30(28,29)18-16(17-21-23-24-22-17)14(4-7-20-18)26-10-5-13(6-11-26)15(12-27)25-8-2-1-3-9-25/h4,7,12-13,27H,1-3,5-6,8-11H2,(H2,19,28,29)(H,21,22,23,24)/b15-12-. The van der Waals surface area contributed by atoms with Crippen LogP contribution in [0.4, 0.5) is 5.69 Å². The second-order valence-electron chi connectivity index (χ2n) is 7.65. The zero-order valence-corrected chi connectivity index (χ0v) is 17.4. The number of nitrogens with zero attached hydrogens (tertiary/aromatic N) is 6. The Bertz CT molecular complexity index is 994. The molecule has 4 N–H and O–H groups in total. The van der Waals surface area contributed by atoms with Crippen LogP contribution in [-0.4, -0.2) is 70.2 Å². The van der Waals surface area contributed by atoms with Gasteiger partial charge in [-0.3, -0.25) is 0 Å². The second-order valence-corrected chi connectivity index (χ2v) is 9.13. The second kappa shape index (κ2) is 8.56. The van der Waals surface area contributed by atoms with E-state index < -0.39 is 10.0 Å². The molecule has 2 aliphatic rings. The van der Waals surface area contributed by atoms with Gasteiger partial charge in [0, 0.05) is 38.3 Å². The Balaban J connectivity index is 1.58. The van der Waals surface area contributed by atoms with E-state index in [-0.39, 0.29) is 22.3 Å².